The van der Waals surface area contributed by atoms with Crippen LogP contribution in [0.5, 0.6) is 0 Å². The van der Waals surface area contributed by atoms with Gasteiger partial charge in [0.05, 0.1) is 18.8 Å². The number of hydrogen-bond donors (Lipinski definition) is 1. The molecule has 5 heteroatoms. The van der Waals surface area contributed by atoms with Crippen LogP contribution >= 0.6 is 0 Å². The van der Waals surface area contributed by atoms with Crippen molar-refractivity contribution in [3.63, 3.8) is 0 Å². The summed E-state index contributed by atoms with van der Waals surface area (Å²) in [4.78, 5) is 24.4. The Morgan fingerprint density at radius 1 is 1.44 bits per heavy atom. The molecule has 0 aliphatic heterocycles. The summed E-state index contributed by atoms with van der Waals surface area (Å²) >= 11 is 0. The molecule has 2 N–H and O–H groups in total. The van der Waals surface area contributed by atoms with Gasteiger partial charge in [-0.2, -0.15) is 0 Å². The van der Waals surface area contributed by atoms with Crippen molar-refractivity contribution in [2.24, 2.45) is 12.8 Å². The van der Waals surface area contributed by atoms with Crippen LogP contribution in [0, 0.1) is 0 Å². The summed E-state index contributed by atoms with van der Waals surface area (Å²) in [5, 5.41) is 0. The molecule has 0 radical (unpaired) electrons. The van der Waals surface area contributed by atoms with E-state index in [0.717, 1.165) is 0 Å². The first kappa shape index (κ1) is 12.4. The van der Waals surface area contributed by atoms with Crippen molar-refractivity contribution in [1.29, 1.82) is 0 Å². The summed E-state index contributed by atoms with van der Waals surface area (Å²) in [5.41, 5.74) is 5.74. The van der Waals surface area contributed by atoms with E-state index in [9.17, 15) is 9.59 Å². The molecule has 0 aromatic carbocycles. The van der Waals surface area contributed by atoms with E-state index < -0.39 is 5.91 Å². The standard InChI is InChI=1S/C11H17N3O2/c1-3-14(8-11(12)16)7-10(15)9-5-4-6-13(9)2/h4-6H,3,7-8H2,1-2H3,(H2,12,16). The highest BCUT2D eigenvalue weighted by Crippen LogP contribution is 2.02. The molecule has 0 bridgehead atoms. The van der Waals surface area contributed by atoms with E-state index in [2.05, 4.69) is 0 Å². The van der Waals surface area contributed by atoms with Gasteiger partial charge in [-0.15, -0.1) is 0 Å². The molecule has 0 saturated carbocycles. The maximum Gasteiger partial charge on any atom is 0.231 e. The number of aryl methyl sites for hydroxylation is 1. The third-order valence-electron chi connectivity index (χ3n) is 2.42. The zero-order valence-electron chi connectivity index (χ0n) is 9.64. The summed E-state index contributed by atoms with van der Waals surface area (Å²) in [5.74, 6) is -0.419. The van der Waals surface area contributed by atoms with Crippen molar-refractivity contribution in [1.82, 2.24) is 9.47 Å². The first-order valence-corrected chi connectivity index (χ1v) is 5.19. The Morgan fingerprint density at radius 3 is 2.56 bits per heavy atom. The van der Waals surface area contributed by atoms with Gasteiger partial charge in [0.1, 0.15) is 0 Å². The van der Waals surface area contributed by atoms with E-state index in [0.29, 0.717) is 12.2 Å². The van der Waals surface area contributed by atoms with Gasteiger partial charge < -0.3 is 10.3 Å². The van der Waals surface area contributed by atoms with Gasteiger partial charge in [-0.3, -0.25) is 14.5 Å². The highest BCUT2D eigenvalue weighted by Gasteiger charge is 2.14. The minimum atomic E-state index is -0.415. The second-order valence-corrected chi connectivity index (χ2v) is 3.70. The number of rotatable bonds is 6. The Kier molecular flexibility index (Phi) is 4.25. The van der Waals surface area contributed by atoms with Crippen LogP contribution in [0.2, 0.25) is 0 Å². The molecule has 1 aromatic rings. The van der Waals surface area contributed by atoms with Crippen molar-refractivity contribution in [3.05, 3.63) is 24.0 Å². The maximum absolute atomic E-state index is 11.9. The van der Waals surface area contributed by atoms with Crippen LogP contribution in [0.15, 0.2) is 18.3 Å². The van der Waals surface area contributed by atoms with Crippen LogP contribution in [0.4, 0.5) is 0 Å². The van der Waals surface area contributed by atoms with Crippen molar-refractivity contribution in [2.75, 3.05) is 19.6 Å². The molecule has 0 saturated heterocycles. The molecule has 0 fully saturated rings. The van der Waals surface area contributed by atoms with E-state index in [-0.39, 0.29) is 18.9 Å². The molecule has 0 unspecified atom stereocenters. The molecule has 1 rings (SSSR count). The zero-order valence-corrected chi connectivity index (χ0v) is 9.64. The second-order valence-electron chi connectivity index (χ2n) is 3.70. The normalized spacial score (nSPS) is 10.7. The molecule has 0 aliphatic rings. The highest BCUT2D eigenvalue weighted by molar-refractivity contribution is 5.96. The van der Waals surface area contributed by atoms with Crippen molar-refractivity contribution in [2.45, 2.75) is 6.92 Å². The van der Waals surface area contributed by atoms with Crippen molar-refractivity contribution in [3.8, 4) is 0 Å². The van der Waals surface area contributed by atoms with E-state index >= 15 is 0 Å². The highest BCUT2D eigenvalue weighted by atomic mass is 16.1. The number of nitrogens with zero attached hydrogens (tertiary/aromatic N) is 2. The van der Waals surface area contributed by atoms with Gasteiger partial charge in [0, 0.05) is 13.2 Å². The van der Waals surface area contributed by atoms with E-state index in [1.165, 1.54) is 0 Å². The molecule has 0 spiro atoms. The van der Waals surface area contributed by atoms with E-state index in [1.807, 2.05) is 26.2 Å². The fraction of sp³-hybridized carbons (Fsp3) is 0.455. The molecular formula is C11H17N3O2. The molecule has 1 aromatic heterocycles. The Bertz CT molecular complexity index is 384. The Labute approximate surface area is 94.8 Å². The van der Waals surface area contributed by atoms with Crippen LogP contribution in [0.25, 0.3) is 0 Å². The van der Waals surface area contributed by atoms with Gasteiger partial charge in [0.2, 0.25) is 5.91 Å². The number of aromatic nitrogens is 1. The molecule has 5 nitrogen and oxygen atoms in total. The van der Waals surface area contributed by atoms with Gasteiger partial charge in [-0.05, 0) is 18.7 Å². The lowest BCUT2D eigenvalue weighted by Gasteiger charge is -2.17. The summed E-state index contributed by atoms with van der Waals surface area (Å²) in [6.07, 6.45) is 1.82. The molecule has 1 heterocycles. The Hall–Kier alpha value is -1.62. The summed E-state index contributed by atoms with van der Waals surface area (Å²) in [7, 11) is 1.82. The average Bonchev–Trinajstić information content (AvgIpc) is 2.62. The third kappa shape index (κ3) is 3.20. The number of carbonyl (C=O) groups is 2. The monoisotopic (exact) mass is 223 g/mol. The van der Waals surface area contributed by atoms with Crippen molar-refractivity contribution < 1.29 is 9.59 Å². The fourth-order valence-electron chi connectivity index (χ4n) is 1.53. The predicted octanol–water partition coefficient (Wildman–Crippen LogP) is 0.0150. The first-order chi connectivity index (χ1) is 7.54. The molecule has 88 valence electrons. The smallest absolute Gasteiger partial charge is 0.231 e. The lowest BCUT2D eigenvalue weighted by Crippen LogP contribution is -2.37. The quantitative estimate of drug-likeness (QED) is 0.691. The van der Waals surface area contributed by atoms with Crippen LogP contribution in [-0.4, -0.2) is 40.8 Å². The fourth-order valence-corrected chi connectivity index (χ4v) is 1.53. The number of amides is 1. The number of carbonyl (C=O) groups excluding carboxylic acids is 2. The van der Waals surface area contributed by atoms with Crippen LogP contribution in [-0.2, 0) is 11.8 Å². The van der Waals surface area contributed by atoms with Gasteiger partial charge >= 0.3 is 0 Å². The second kappa shape index (κ2) is 5.46. The van der Waals surface area contributed by atoms with Gasteiger partial charge in [-0.1, -0.05) is 6.92 Å². The van der Waals surface area contributed by atoms with Crippen molar-refractivity contribution >= 4 is 11.7 Å². The number of hydrogen-bond acceptors (Lipinski definition) is 3. The third-order valence-corrected chi connectivity index (χ3v) is 2.42. The minimum Gasteiger partial charge on any atom is -0.369 e. The molecule has 16 heavy (non-hydrogen) atoms. The number of primary amides is 1. The topological polar surface area (TPSA) is 68.3 Å². The molecular weight excluding hydrogens is 206 g/mol. The largest absolute Gasteiger partial charge is 0.369 e. The molecule has 0 aliphatic carbocycles. The zero-order chi connectivity index (χ0) is 12.1. The lowest BCUT2D eigenvalue weighted by molar-refractivity contribution is -0.118. The maximum atomic E-state index is 11.9. The SMILES string of the molecule is CCN(CC(N)=O)CC(=O)c1cccn1C. The van der Waals surface area contributed by atoms with E-state index in [1.54, 1.807) is 15.5 Å². The van der Waals surface area contributed by atoms with E-state index in [4.69, 9.17) is 5.73 Å². The number of likely N-dealkylation sites (N-methyl/N-ethyl adjacent to an activating group) is 1. The number of ketones is 1. The minimum absolute atomic E-state index is 0.00407. The van der Waals surface area contributed by atoms with Crippen LogP contribution < -0.4 is 5.73 Å². The molecule has 0 atom stereocenters. The predicted molar refractivity (Wildman–Crippen MR) is 61.1 cm³/mol. The Balaban J connectivity index is 2.62. The van der Waals surface area contributed by atoms with Gasteiger partial charge in [0.25, 0.3) is 0 Å². The van der Waals surface area contributed by atoms with Gasteiger partial charge in [0.15, 0.2) is 5.78 Å². The summed E-state index contributed by atoms with van der Waals surface area (Å²) in [6, 6.07) is 3.58. The summed E-state index contributed by atoms with van der Waals surface area (Å²) in [6.45, 7) is 2.85. The Morgan fingerprint density at radius 2 is 2.12 bits per heavy atom. The first-order valence-electron chi connectivity index (χ1n) is 5.19. The molecule has 1 amide bonds. The van der Waals surface area contributed by atoms with Crippen LogP contribution in [0.1, 0.15) is 17.4 Å². The number of Topliss-reactive ketones (excluding diaryl/α,β-unsaturated/α-hetero) is 1. The average molecular weight is 223 g/mol. The summed E-state index contributed by atoms with van der Waals surface area (Å²) < 4.78 is 1.76. The van der Waals surface area contributed by atoms with Crippen LogP contribution in [0.3, 0.4) is 0 Å². The van der Waals surface area contributed by atoms with Gasteiger partial charge in [-0.25, -0.2) is 0 Å². The number of nitrogens with two attached hydrogens (primary N) is 1. The lowest BCUT2D eigenvalue weighted by atomic mass is 10.2.